The van der Waals surface area contributed by atoms with E-state index >= 15 is 0 Å². The highest BCUT2D eigenvalue weighted by Gasteiger charge is 2.46. The van der Waals surface area contributed by atoms with Gasteiger partial charge in [0, 0.05) is 29.4 Å². The van der Waals surface area contributed by atoms with Crippen LogP contribution in [0, 0.1) is 5.92 Å². The molecule has 0 radical (unpaired) electrons. The topological polar surface area (TPSA) is 95.7 Å². The summed E-state index contributed by atoms with van der Waals surface area (Å²) in [6.45, 7) is 0.454. The first-order chi connectivity index (χ1) is 16.5. The van der Waals surface area contributed by atoms with Crippen molar-refractivity contribution in [3.63, 3.8) is 0 Å². The van der Waals surface area contributed by atoms with E-state index in [0.717, 1.165) is 16.9 Å². The Balaban J connectivity index is 1.11. The number of nitrogens with zero attached hydrogens (tertiary/aromatic N) is 5. The van der Waals surface area contributed by atoms with Crippen LogP contribution in [-0.2, 0) is 11.3 Å². The van der Waals surface area contributed by atoms with Crippen molar-refractivity contribution in [2.45, 2.75) is 37.6 Å². The van der Waals surface area contributed by atoms with Crippen LogP contribution in [0.5, 0.6) is 0 Å². The highest BCUT2D eigenvalue weighted by atomic mass is 35.5. The highest BCUT2D eigenvalue weighted by Crippen LogP contribution is 2.49. The van der Waals surface area contributed by atoms with Gasteiger partial charge in [0.1, 0.15) is 17.8 Å². The van der Waals surface area contributed by atoms with Crippen molar-refractivity contribution in [2.75, 3.05) is 10.4 Å². The fourth-order valence-electron chi connectivity index (χ4n) is 4.39. The summed E-state index contributed by atoms with van der Waals surface area (Å²) in [5.41, 5.74) is 4.12. The molecular weight excluding hydrogens is 452 g/mol. The smallest absolute Gasteiger partial charge is 0.255 e. The lowest BCUT2D eigenvalue weighted by Gasteiger charge is -2.14. The van der Waals surface area contributed by atoms with E-state index in [-0.39, 0.29) is 23.6 Å². The summed E-state index contributed by atoms with van der Waals surface area (Å²) in [6.07, 6.45) is 8.66. The van der Waals surface area contributed by atoms with Crippen molar-refractivity contribution in [1.29, 1.82) is 0 Å². The lowest BCUT2D eigenvalue weighted by atomic mass is 10.1. The van der Waals surface area contributed by atoms with E-state index in [1.807, 2.05) is 30.5 Å². The van der Waals surface area contributed by atoms with E-state index < -0.39 is 0 Å². The second kappa shape index (κ2) is 8.38. The molecule has 3 aromatic heterocycles. The SMILES string of the molecule is O=C([C@H]1CC1c1cccc(Cl)c1)N(O)c1cc(NCc2cn3cc(C4CC4)ccc3n2)ncn1. The van der Waals surface area contributed by atoms with Gasteiger partial charge in [-0.3, -0.25) is 10.0 Å². The second-order valence-corrected chi connectivity index (χ2v) is 9.44. The number of pyridine rings is 1. The number of nitrogens with one attached hydrogen (secondary N) is 1. The van der Waals surface area contributed by atoms with Crippen LogP contribution in [0.15, 0.2) is 61.2 Å². The lowest BCUT2D eigenvalue weighted by molar-refractivity contribution is -0.125. The summed E-state index contributed by atoms with van der Waals surface area (Å²) in [5.74, 6) is 0.678. The fraction of sp³-hybridized carbons (Fsp3) is 0.280. The predicted molar refractivity (Wildman–Crippen MR) is 128 cm³/mol. The van der Waals surface area contributed by atoms with Gasteiger partial charge in [-0.05, 0) is 60.4 Å². The zero-order valence-corrected chi connectivity index (χ0v) is 19.1. The molecule has 34 heavy (non-hydrogen) atoms. The zero-order chi connectivity index (χ0) is 23.2. The van der Waals surface area contributed by atoms with Gasteiger partial charge in [0.05, 0.1) is 12.2 Å². The maximum Gasteiger partial charge on any atom is 0.255 e. The summed E-state index contributed by atoms with van der Waals surface area (Å²) >= 11 is 6.06. The molecular formula is C25H23ClN6O2. The molecule has 8 nitrogen and oxygen atoms in total. The second-order valence-electron chi connectivity index (χ2n) is 9.00. The molecule has 1 amide bonds. The van der Waals surface area contributed by atoms with Gasteiger partial charge in [-0.25, -0.2) is 15.0 Å². The predicted octanol–water partition coefficient (Wildman–Crippen LogP) is 4.79. The van der Waals surface area contributed by atoms with E-state index in [1.165, 1.54) is 24.7 Å². The van der Waals surface area contributed by atoms with E-state index in [4.69, 9.17) is 11.6 Å². The van der Waals surface area contributed by atoms with Gasteiger partial charge in [-0.1, -0.05) is 29.8 Å². The Kier molecular flexibility index (Phi) is 5.19. The molecule has 6 rings (SSSR count). The maximum atomic E-state index is 12.8. The number of carbonyl (C=O) groups is 1. The average Bonchev–Trinajstić information content (AvgIpc) is 3.78. The van der Waals surface area contributed by atoms with Crippen molar-refractivity contribution >= 4 is 34.8 Å². The van der Waals surface area contributed by atoms with Gasteiger partial charge in [0.2, 0.25) is 0 Å². The molecule has 2 fully saturated rings. The summed E-state index contributed by atoms with van der Waals surface area (Å²) in [7, 11) is 0. The van der Waals surface area contributed by atoms with Gasteiger partial charge in [-0.2, -0.15) is 5.06 Å². The Hall–Kier alpha value is -3.49. The molecule has 4 aromatic rings. The standard InChI is InChI=1S/C25H23ClN6O2/c26-18-3-1-2-16(8-18)20-9-21(20)25(33)32(34)24-10-22(28-14-29-24)27-11-19-13-31-12-17(15-4-5-15)6-7-23(31)30-19/h1-3,6-8,10,12-15,20-21,34H,4-5,9,11H2,(H,27,28,29)/t20?,21-/m0/s1. The van der Waals surface area contributed by atoms with Crippen LogP contribution >= 0.6 is 11.6 Å². The molecule has 9 heteroatoms. The molecule has 2 aliphatic carbocycles. The number of benzene rings is 1. The molecule has 0 aliphatic heterocycles. The number of hydrogen-bond donors (Lipinski definition) is 2. The first-order valence-corrected chi connectivity index (χ1v) is 11.7. The number of fused-ring (bicyclic) bond motifs is 1. The van der Waals surface area contributed by atoms with Crippen LogP contribution in [0.1, 0.15) is 47.9 Å². The van der Waals surface area contributed by atoms with Gasteiger partial charge in [0.25, 0.3) is 5.91 Å². The van der Waals surface area contributed by atoms with Gasteiger partial charge in [-0.15, -0.1) is 0 Å². The molecule has 2 atom stereocenters. The summed E-state index contributed by atoms with van der Waals surface area (Å²) in [4.78, 5) is 25.7. The Labute approximate surface area is 201 Å². The molecule has 0 saturated heterocycles. The molecule has 1 aromatic carbocycles. The molecule has 2 N–H and O–H groups in total. The number of hydrogen-bond acceptors (Lipinski definition) is 6. The van der Waals surface area contributed by atoms with E-state index in [1.54, 1.807) is 12.1 Å². The Morgan fingerprint density at radius 3 is 2.85 bits per heavy atom. The number of amides is 1. The first-order valence-electron chi connectivity index (χ1n) is 11.4. The third kappa shape index (κ3) is 4.22. The monoisotopic (exact) mass is 474 g/mol. The Bertz CT molecular complexity index is 1380. The Morgan fingerprint density at radius 1 is 1.15 bits per heavy atom. The first kappa shape index (κ1) is 21.1. The van der Waals surface area contributed by atoms with Crippen molar-refractivity contribution in [3.8, 4) is 0 Å². The van der Waals surface area contributed by atoms with Crippen molar-refractivity contribution in [3.05, 3.63) is 83.0 Å². The number of halogens is 1. The number of hydroxylamine groups is 1. The largest absolute Gasteiger partial charge is 0.364 e. The van der Waals surface area contributed by atoms with Crippen LogP contribution in [-0.4, -0.2) is 30.5 Å². The quantitative estimate of drug-likeness (QED) is 0.295. The van der Waals surface area contributed by atoms with Gasteiger partial charge >= 0.3 is 0 Å². The maximum absolute atomic E-state index is 12.8. The summed E-state index contributed by atoms with van der Waals surface area (Å²) in [5, 5.41) is 15.0. The molecule has 0 spiro atoms. The van der Waals surface area contributed by atoms with Crippen molar-refractivity contribution < 1.29 is 10.0 Å². The van der Waals surface area contributed by atoms with E-state index in [2.05, 4.69) is 36.9 Å². The lowest BCUT2D eigenvalue weighted by Crippen LogP contribution is -2.29. The van der Waals surface area contributed by atoms with E-state index in [9.17, 15) is 10.0 Å². The average molecular weight is 475 g/mol. The third-order valence-corrected chi connectivity index (χ3v) is 6.72. The number of anilines is 2. The number of imidazole rings is 1. The van der Waals surface area contributed by atoms with Crippen LogP contribution in [0.3, 0.4) is 0 Å². The minimum atomic E-state index is -0.388. The van der Waals surface area contributed by atoms with Crippen LogP contribution in [0.25, 0.3) is 5.65 Å². The third-order valence-electron chi connectivity index (χ3n) is 6.49. The summed E-state index contributed by atoms with van der Waals surface area (Å²) < 4.78 is 2.05. The van der Waals surface area contributed by atoms with Gasteiger partial charge in [0.15, 0.2) is 5.82 Å². The Morgan fingerprint density at radius 2 is 2.03 bits per heavy atom. The van der Waals surface area contributed by atoms with Crippen molar-refractivity contribution in [1.82, 2.24) is 19.4 Å². The molecule has 1 unspecified atom stereocenters. The molecule has 2 saturated carbocycles. The van der Waals surface area contributed by atoms with Crippen LogP contribution < -0.4 is 10.4 Å². The van der Waals surface area contributed by atoms with Crippen molar-refractivity contribution in [2.24, 2.45) is 5.92 Å². The molecule has 2 aliphatic rings. The molecule has 172 valence electrons. The number of aromatic nitrogens is 4. The zero-order valence-electron chi connectivity index (χ0n) is 18.3. The minimum absolute atomic E-state index is 0.0516. The molecule has 0 bridgehead atoms. The summed E-state index contributed by atoms with van der Waals surface area (Å²) in [6, 6.07) is 13.2. The number of carbonyl (C=O) groups excluding carboxylic acids is 1. The molecule has 3 heterocycles. The fourth-order valence-corrected chi connectivity index (χ4v) is 4.59. The number of rotatable bonds is 7. The van der Waals surface area contributed by atoms with Crippen LogP contribution in [0.4, 0.5) is 11.6 Å². The minimum Gasteiger partial charge on any atom is -0.364 e. The van der Waals surface area contributed by atoms with Gasteiger partial charge < -0.3 is 9.72 Å². The van der Waals surface area contributed by atoms with E-state index in [0.29, 0.717) is 34.8 Å². The normalized spacial score (nSPS) is 19.2. The van der Waals surface area contributed by atoms with Crippen LogP contribution in [0.2, 0.25) is 5.02 Å². The highest BCUT2D eigenvalue weighted by molar-refractivity contribution is 6.30.